The standard InChI is InChI=1S/C21H24N4O2.ClH/c1-24-13-10-17-19(24)18(21(26)25-11-4-3-5-12-25)14-22-20(17)23-15-6-8-16(27-2)9-7-15;/h6-10,13-14H,3-5,11-12H2,1-2H3,(H,22,23);1H. The van der Waals surface area contributed by atoms with Gasteiger partial charge in [0.05, 0.1) is 18.2 Å². The molecule has 0 unspecified atom stereocenters. The van der Waals surface area contributed by atoms with Crippen LogP contribution < -0.4 is 10.1 Å². The third kappa shape index (κ3) is 3.78. The molecule has 0 aliphatic carbocycles. The molecule has 3 aromatic rings. The van der Waals surface area contributed by atoms with Gasteiger partial charge in [-0.3, -0.25) is 4.79 Å². The number of amides is 1. The van der Waals surface area contributed by atoms with Crippen molar-refractivity contribution in [2.75, 3.05) is 25.5 Å². The molecular formula is C21H25ClN4O2. The van der Waals surface area contributed by atoms with Crippen molar-refractivity contribution in [3.05, 3.63) is 48.3 Å². The molecule has 28 heavy (non-hydrogen) atoms. The zero-order chi connectivity index (χ0) is 18.8. The van der Waals surface area contributed by atoms with Crippen LogP contribution in [0.5, 0.6) is 5.75 Å². The number of fused-ring (bicyclic) bond motifs is 1. The van der Waals surface area contributed by atoms with Gasteiger partial charge in [-0.1, -0.05) is 0 Å². The van der Waals surface area contributed by atoms with Crippen molar-refractivity contribution >= 4 is 40.7 Å². The van der Waals surface area contributed by atoms with Gasteiger partial charge >= 0.3 is 0 Å². The number of methoxy groups -OCH3 is 1. The Morgan fingerprint density at radius 3 is 2.50 bits per heavy atom. The molecule has 0 spiro atoms. The smallest absolute Gasteiger partial charge is 0.257 e. The maximum atomic E-state index is 13.0. The molecular weight excluding hydrogens is 376 g/mol. The van der Waals surface area contributed by atoms with Crippen LogP contribution in [0.1, 0.15) is 29.6 Å². The molecule has 0 atom stereocenters. The summed E-state index contributed by atoms with van der Waals surface area (Å²) in [5.74, 6) is 1.62. The van der Waals surface area contributed by atoms with E-state index in [0.717, 1.165) is 54.1 Å². The summed E-state index contributed by atoms with van der Waals surface area (Å²) in [5.41, 5.74) is 2.50. The molecule has 1 fully saturated rings. The molecule has 1 N–H and O–H groups in total. The van der Waals surface area contributed by atoms with Crippen LogP contribution in [0.3, 0.4) is 0 Å². The van der Waals surface area contributed by atoms with Gasteiger partial charge in [-0.2, -0.15) is 0 Å². The Morgan fingerprint density at radius 2 is 1.82 bits per heavy atom. The van der Waals surface area contributed by atoms with Crippen LogP contribution in [-0.4, -0.2) is 40.6 Å². The number of hydrogen-bond donors (Lipinski definition) is 1. The summed E-state index contributed by atoms with van der Waals surface area (Å²) in [7, 11) is 3.61. The molecule has 1 aliphatic rings. The number of aryl methyl sites for hydroxylation is 1. The second kappa shape index (κ2) is 8.52. The number of piperidine rings is 1. The van der Waals surface area contributed by atoms with E-state index in [9.17, 15) is 4.79 Å². The fourth-order valence-corrected chi connectivity index (χ4v) is 3.65. The predicted octanol–water partition coefficient (Wildman–Crippen LogP) is 4.37. The van der Waals surface area contributed by atoms with Crippen molar-refractivity contribution in [2.45, 2.75) is 19.3 Å². The van der Waals surface area contributed by atoms with E-state index < -0.39 is 0 Å². The van der Waals surface area contributed by atoms with E-state index in [-0.39, 0.29) is 18.3 Å². The van der Waals surface area contributed by atoms with Gasteiger partial charge in [0, 0.05) is 43.6 Å². The Labute approximate surface area is 170 Å². The fourth-order valence-electron chi connectivity index (χ4n) is 3.65. The van der Waals surface area contributed by atoms with Crippen LogP contribution in [0.2, 0.25) is 0 Å². The lowest BCUT2D eigenvalue weighted by Gasteiger charge is -2.27. The zero-order valence-corrected chi connectivity index (χ0v) is 17.0. The van der Waals surface area contributed by atoms with Crippen molar-refractivity contribution in [3.8, 4) is 5.75 Å². The summed E-state index contributed by atoms with van der Waals surface area (Å²) in [6, 6.07) is 9.70. The highest BCUT2D eigenvalue weighted by molar-refractivity contribution is 6.08. The van der Waals surface area contributed by atoms with Crippen LogP contribution in [0.15, 0.2) is 42.7 Å². The Kier molecular flexibility index (Phi) is 6.09. The second-order valence-corrected chi connectivity index (χ2v) is 6.92. The van der Waals surface area contributed by atoms with Crippen molar-refractivity contribution in [3.63, 3.8) is 0 Å². The number of pyridine rings is 1. The maximum Gasteiger partial charge on any atom is 0.257 e. The van der Waals surface area contributed by atoms with Gasteiger partial charge in [0.15, 0.2) is 0 Å². The minimum atomic E-state index is 0. The Balaban J connectivity index is 0.00000225. The lowest BCUT2D eigenvalue weighted by Crippen LogP contribution is -2.35. The van der Waals surface area contributed by atoms with Crippen LogP contribution in [0.25, 0.3) is 10.9 Å². The molecule has 2 aromatic heterocycles. The quantitative estimate of drug-likeness (QED) is 0.706. The van der Waals surface area contributed by atoms with Gasteiger partial charge in [-0.05, 0) is 49.6 Å². The van der Waals surface area contributed by atoms with Crippen molar-refractivity contribution in [2.24, 2.45) is 7.05 Å². The highest BCUT2D eigenvalue weighted by atomic mass is 35.5. The minimum absolute atomic E-state index is 0. The lowest BCUT2D eigenvalue weighted by atomic mass is 10.1. The van der Waals surface area contributed by atoms with Gasteiger partial charge in [-0.15, -0.1) is 12.4 Å². The Morgan fingerprint density at radius 1 is 1.11 bits per heavy atom. The first-order valence-electron chi connectivity index (χ1n) is 9.32. The minimum Gasteiger partial charge on any atom is -0.497 e. The van der Waals surface area contributed by atoms with E-state index in [1.54, 1.807) is 13.3 Å². The second-order valence-electron chi connectivity index (χ2n) is 6.92. The number of likely N-dealkylation sites (tertiary alicyclic amines) is 1. The summed E-state index contributed by atoms with van der Waals surface area (Å²) >= 11 is 0. The number of carbonyl (C=O) groups excluding carboxylic acids is 1. The highest BCUT2D eigenvalue weighted by Gasteiger charge is 2.23. The molecule has 1 aliphatic heterocycles. The predicted molar refractivity (Wildman–Crippen MR) is 114 cm³/mol. The van der Waals surface area contributed by atoms with Gasteiger partial charge in [-0.25, -0.2) is 4.98 Å². The van der Waals surface area contributed by atoms with Crippen LogP contribution in [-0.2, 0) is 7.05 Å². The summed E-state index contributed by atoms with van der Waals surface area (Å²) in [6.45, 7) is 1.66. The molecule has 0 saturated carbocycles. The zero-order valence-electron chi connectivity index (χ0n) is 16.1. The molecule has 0 bridgehead atoms. The number of anilines is 2. The van der Waals surface area contributed by atoms with Gasteiger partial charge in [0.25, 0.3) is 5.91 Å². The first-order valence-corrected chi connectivity index (χ1v) is 9.32. The van der Waals surface area contributed by atoms with Gasteiger partial charge < -0.3 is 19.5 Å². The van der Waals surface area contributed by atoms with Crippen LogP contribution in [0, 0.1) is 0 Å². The van der Waals surface area contributed by atoms with E-state index in [1.807, 2.05) is 53.0 Å². The molecule has 4 rings (SSSR count). The maximum absolute atomic E-state index is 13.0. The number of halogens is 1. The summed E-state index contributed by atoms with van der Waals surface area (Å²) in [5, 5.41) is 4.29. The number of carbonyl (C=O) groups is 1. The summed E-state index contributed by atoms with van der Waals surface area (Å²) < 4.78 is 7.20. The number of hydrogen-bond acceptors (Lipinski definition) is 4. The number of benzene rings is 1. The topological polar surface area (TPSA) is 59.4 Å². The van der Waals surface area contributed by atoms with Crippen LogP contribution in [0.4, 0.5) is 11.5 Å². The number of ether oxygens (including phenoxy) is 1. The van der Waals surface area contributed by atoms with Gasteiger partial charge in [0.2, 0.25) is 0 Å². The van der Waals surface area contributed by atoms with E-state index in [4.69, 9.17) is 4.74 Å². The molecule has 1 aromatic carbocycles. The largest absolute Gasteiger partial charge is 0.497 e. The van der Waals surface area contributed by atoms with Crippen molar-refractivity contribution < 1.29 is 9.53 Å². The van der Waals surface area contributed by atoms with E-state index >= 15 is 0 Å². The van der Waals surface area contributed by atoms with Crippen molar-refractivity contribution in [1.29, 1.82) is 0 Å². The molecule has 148 valence electrons. The van der Waals surface area contributed by atoms with E-state index in [2.05, 4.69) is 10.3 Å². The Bertz CT molecular complexity index is 962. The summed E-state index contributed by atoms with van der Waals surface area (Å²) in [6.07, 6.45) is 7.02. The van der Waals surface area contributed by atoms with E-state index in [0.29, 0.717) is 5.56 Å². The Hall–Kier alpha value is -2.73. The van der Waals surface area contributed by atoms with Crippen molar-refractivity contribution in [1.82, 2.24) is 14.5 Å². The molecule has 6 nitrogen and oxygen atoms in total. The van der Waals surface area contributed by atoms with Crippen LogP contribution >= 0.6 is 12.4 Å². The number of rotatable bonds is 4. The molecule has 0 radical (unpaired) electrons. The average molecular weight is 401 g/mol. The number of nitrogens with one attached hydrogen (secondary N) is 1. The lowest BCUT2D eigenvalue weighted by molar-refractivity contribution is 0.0725. The summed E-state index contributed by atoms with van der Waals surface area (Å²) in [4.78, 5) is 19.6. The molecule has 1 amide bonds. The van der Waals surface area contributed by atoms with E-state index in [1.165, 1.54) is 6.42 Å². The SMILES string of the molecule is COc1ccc(Nc2ncc(C(=O)N3CCCCC3)c3c2ccn3C)cc1.Cl. The normalized spacial score (nSPS) is 13.9. The third-order valence-corrected chi connectivity index (χ3v) is 5.13. The first kappa shape index (κ1) is 20.0. The third-order valence-electron chi connectivity index (χ3n) is 5.13. The molecule has 3 heterocycles. The first-order chi connectivity index (χ1) is 13.2. The average Bonchev–Trinajstić information content (AvgIpc) is 3.11. The molecule has 1 saturated heterocycles. The highest BCUT2D eigenvalue weighted by Crippen LogP contribution is 2.29. The number of nitrogens with zero attached hydrogens (tertiary/aromatic N) is 3. The monoisotopic (exact) mass is 400 g/mol. The van der Waals surface area contributed by atoms with Gasteiger partial charge in [0.1, 0.15) is 11.6 Å². The number of aromatic nitrogens is 2. The molecule has 7 heteroatoms. The fraction of sp³-hybridized carbons (Fsp3) is 0.333.